The summed E-state index contributed by atoms with van der Waals surface area (Å²) in [6.07, 6.45) is 5.00. The van der Waals surface area contributed by atoms with Crippen LogP contribution < -0.4 is 5.32 Å². The zero-order valence-electron chi connectivity index (χ0n) is 8.06. The topological polar surface area (TPSA) is 61.6 Å². The van der Waals surface area contributed by atoms with Gasteiger partial charge >= 0.3 is 0 Å². The zero-order valence-corrected chi connectivity index (χ0v) is 8.88. The van der Waals surface area contributed by atoms with Crippen LogP contribution in [0.25, 0.3) is 0 Å². The maximum Gasteiger partial charge on any atom is 0.187 e. The summed E-state index contributed by atoms with van der Waals surface area (Å²) < 4.78 is 0. The van der Waals surface area contributed by atoms with Crippen molar-refractivity contribution >= 4 is 22.2 Å². The molecule has 0 fully saturated rings. The number of anilines is 2. The van der Waals surface area contributed by atoms with E-state index in [1.807, 2.05) is 6.92 Å². The molecule has 0 saturated carbocycles. The fourth-order valence-corrected chi connectivity index (χ4v) is 1.80. The number of hydrogen-bond donors (Lipinski definition) is 1. The first-order valence-corrected chi connectivity index (χ1v) is 5.15. The maximum atomic E-state index is 8.87. The van der Waals surface area contributed by atoms with Crippen LogP contribution >= 0.6 is 11.3 Å². The predicted octanol–water partition coefficient (Wildman–Crippen LogP) is 2.46. The Hall–Kier alpha value is -1.93. The van der Waals surface area contributed by atoms with E-state index in [9.17, 15) is 0 Å². The van der Waals surface area contributed by atoms with E-state index in [1.165, 1.54) is 0 Å². The number of aryl methyl sites for hydroxylation is 1. The van der Waals surface area contributed by atoms with E-state index in [4.69, 9.17) is 5.26 Å². The molecule has 2 heterocycles. The molecule has 0 aromatic carbocycles. The molecule has 0 amide bonds. The summed E-state index contributed by atoms with van der Waals surface area (Å²) in [4.78, 5) is 9.24. The third-order valence-corrected chi connectivity index (χ3v) is 2.63. The molecular formula is C10H8N4S. The van der Waals surface area contributed by atoms with Crippen LogP contribution in [0.2, 0.25) is 0 Å². The Balaban J connectivity index is 2.28. The van der Waals surface area contributed by atoms with Crippen LogP contribution in [0.4, 0.5) is 10.8 Å². The van der Waals surface area contributed by atoms with Crippen molar-refractivity contribution in [1.29, 1.82) is 5.26 Å². The largest absolute Gasteiger partial charge is 0.329 e. The summed E-state index contributed by atoms with van der Waals surface area (Å²) >= 11 is 1.54. The Morgan fingerprint density at radius 3 is 3.00 bits per heavy atom. The lowest BCUT2D eigenvalue weighted by atomic mass is 10.2. The number of nitriles is 1. The van der Waals surface area contributed by atoms with Crippen LogP contribution in [-0.2, 0) is 0 Å². The normalized spacial score (nSPS) is 9.60. The van der Waals surface area contributed by atoms with Gasteiger partial charge in [0.2, 0.25) is 0 Å². The van der Waals surface area contributed by atoms with Crippen molar-refractivity contribution in [3.05, 3.63) is 35.1 Å². The minimum absolute atomic E-state index is 0.567. The monoisotopic (exact) mass is 216 g/mol. The molecule has 0 spiro atoms. The highest BCUT2D eigenvalue weighted by Gasteiger charge is 2.03. The summed E-state index contributed by atoms with van der Waals surface area (Å²) in [5.74, 6) is 0. The van der Waals surface area contributed by atoms with Gasteiger partial charge in [-0.15, -0.1) is 11.3 Å². The van der Waals surface area contributed by atoms with Crippen LogP contribution in [0.5, 0.6) is 0 Å². The van der Waals surface area contributed by atoms with Gasteiger partial charge in [-0.1, -0.05) is 0 Å². The van der Waals surface area contributed by atoms with Crippen molar-refractivity contribution in [2.24, 2.45) is 0 Å². The fraction of sp³-hybridized carbons (Fsp3) is 0.100. The molecule has 0 aliphatic heterocycles. The molecule has 1 N–H and O–H groups in total. The molecule has 0 bridgehead atoms. The van der Waals surface area contributed by atoms with Crippen molar-refractivity contribution < 1.29 is 0 Å². The predicted molar refractivity (Wildman–Crippen MR) is 59.1 cm³/mol. The Morgan fingerprint density at radius 1 is 1.47 bits per heavy atom. The molecule has 74 valence electrons. The Kier molecular flexibility index (Phi) is 2.61. The first-order chi connectivity index (χ1) is 7.29. The minimum Gasteiger partial charge on any atom is -0.329 e. The third kappa shape index (κ3) is 2.11. The number of thiazole rings is 1. The van der Waals surface area contributed by atoms with Gasteiger partial charge in [-0.25, -0.2) is 4.98 Å². The zero-order chi connectivity index (χ0) is 10.7. The van der Waals surface area contributed by atoms with Crippen molar-refractivity contribution in [2.75, 3.05) is 5.32 Å². The van der Waals surface area contributed by atoms with E-state index in [0.717, 1.165) is 10.0 Å². The SMILES string of the molecule is Cc1cnc(Nc2cnccc2C#N)s1. The summed E-state index contributed by atoms with van der Waals surface area (Å²) in [5, 5.41) is 12.7. The van der Waals surface area contributed by atoms with E-state index in [1.54, 1.807) is 36.0 Å². The summed E-state index contributed by atoms with van der Waals surface area (Å²) in [5.41, 5.74) is 1.26. The molecule has 4 nitrogen and oxygen atoms in total. The molecule has 0 atom stereocenters. The van der Waals surface area contributed by atoms with E-state index < -0.39 is 0 Å². The molecular weight excluding hydrogens is 208 g/mol. The fourth-order valence-electron chi connectivity index (χ4n) is 1.12. The van der Waals surface area contributed by atoms with Gasteiger partial charge in [-0.05, 0) is 13.0 Å². The lowest BCUT2D eigenvalue weighted by Crippen LogP contribution is -1.93. The number of nitrogens with one attached hydrogen (secondary N) is 1. The van der Waals surface area contributed by atoms with Crippen molar-refractivity contribution in [2.45, 2.75) is 6.92 Å². The van der Waals surface area contributed by atoms with Crippen LogP contribution in [0, 0.1) is 18.3 Å². The highest BCUT2D eigenvalue weighted by Crippen LogP contribution is 2.23. The minimum atomic E-state index is 0.567. The van der Waals surface area contributed by atoms with E-state index in [-0.39, 0.29) is 0 Å². The molecule has 15 heavy (non-hydrogen) atoms. The van der Waals surface area contributed by atoms with E-state index in [0.29, 0.717) is 11.3 Å². The second-order valence-electron chi connectivity index (χ2n) is 2.93. The van der Waals surface area contributed by atoms with Crippen LogP contribution in [0.3, 0.4) is 0 Å². The molecule has 0 saturated heterocycles. The van der Waals surface area contributed by atoms with E-state index in [2.05, 4.69) is 21.4 Å². The molecule has 0 aliphatic rings. The van der Waals surface area contributed by atoms with Gasteiger partial charge in [-0.3, -0.25) is 4.98 Å². The van der Waals surface area contributed by atoms with Crippen molar-refractivity contribution in [1.82, 2.24) is 9.97 Å². The van der Waals surface area contributed by atoms with Gasteiger partial charge in [0, 0.05) is 17.3 Å². The highest BCUT2D eigenvalue weighted by atomic mass is 32.1. The van der Waals surface area contributed by atoms with Gasteiger partial charge in [0.15, 0.2) is 5.13 Å². The molecule has 0 unspecified atom stereocenters. The molecule has 2 aromatic heterocycles. The van der Waals surface area contributed by atoms with Gasteiger partial charge in [0.05, 0.1) is 17.4 Å². The Labute approximate surface area is 91.2 Å². The summed E-state index contributed by atoms with van der Waals surface area (Å²) in [6, 6.07) is 3.77. The van der Waals surface area contributed by atoms with Crippen LogP contribution in [0.1, 0.15) is 10.4 Å². The second kappa shape index (κ2) is 4.07. The Morgan fingerprint density at radius 2 is 2.33 bits per heavy atom. The van der Waals surface area contributed by atoms with Crippen LogP contribution in [0.15, 0.2) is 24.7 Å². The number of nitrogens with zero attached hydrogens (tertiary/aromatic N) is 3. The maximum absolute atomic E-state index is 8.87. The molecule has 5 heteroatoms. The standard InChI is InChI=1S/C10H8N4S/c1-7-5-13-10(15-7)14-9-6-12-3-2-8(9)4-11/h2-3,5-6H,1H3,(H,13,14). The first kappa shape index (κ1) is 9.62. The quantitative estimate of drug-likeness (QED) is 0.837. The number of rotatable bonds is 2. The highest BCUT2D eigenvalue weighted by molar-refractivity contribution is 7.15. The van der Waals surface area contributed by atoms with Crippen molar-refractivity contribution in [3.8, 4) is 6.07 Å². The number of hydrogen-bond acceptors (Lipinski definition) is 5. The van der Waals surface area contributed by atoms with E-state index >= 15 is 0 Å². The second-order valence-corrected chi connectivity index (χ2v) is 4.17. The molecule has 0 radical (unpaired) electrons. The van der Waals surface area contributed by atoms with Gasteiger partial charge in [0.1, 0.15) is 6.07 Å². The molecule has 2 aromatic rings. The van der Waals surface area contributed by atoms with Gasteiger partial charge in [-0.2, -0.15) is 5.26 Å². The lowest BCUT2D eigenvalue weighted by molar-refractivity contribution is 1.29. The number of pyridine rings is 1. The number of aromatic nitrogens is 2. The summed E-state index contributed by atoms with van der Waals surface area (Å²) in [6.45, 7) is 1.98. The van der Waals surface area contributed by atoms with Gasteiger partial charge < -0.3 is 5.32 Å². The lowest BCUT2D eigenvalue weighted by Gasteiger charge is -2.02. The smallest absolute Gasteiger partial charge is 0.187 e. The first-order valence-electron chi connectivity index (χ1n) is 4.33. The average Bonchev–Trinajstić information content (AvgIpc) is 2.65. The Bertz CT molecular complexity index is 512. The van der Waals surface area contributed by atoms with Gasteiger partial charge in [0.25, 0.3) is 0 Å². The van der Waals surface area contributed by atoms with Crippen LogP contribution in [-0.4, -0.2) is 9.97 Å². The average molecular weight is 216 g/mol. The van der Waals surface area contributed by atoms with Crippen molar-refractivity contribution in [3.63, 3.8) is 0 Å². The molecule has 0 aliphatic carbocycles. The summed E-state index contributed by atoms with van der Waals surface area (Å²) in [7, 11) is 0. The molecule has 2 rings (SSSR count). The third-order valence-electron chi connectivity index (χ3n) is 1.80.